The van der Waals surface area contributed by atoms with Crippen molar-refractivity contribution in [2.24, 2.45) is 5.73 Å². The van der Waals surface area contributed by atoms with Crippen LogP contribution in [0.4, 0.5) is 0 Å². The molecular formula is C14H31N3. The highest BCUT2D eigenvalue weighted by molar-refractivity contribution is 4.94. The molecule has 1 aliphatic rings. The number of hydrogen-bond acceptors (Lipinski definition) is 3. The normalized spacial score (nSPS) is 28.9. The van der Waals surface area contributed by atoms with E-state index >= 15 is 0 Å². The Morgan fingerprint density at radius 3 is 2.59 bits per heavy atom. The van der Waals surface area contributed by atoms with Gasteiger partial charge in [0.05, 0.1) is 0 Å². The van der Waals surface area contributed by atoms with E-state index in [1.54, 1.807) is 0 Å². The van der Waals surface area contributed by atoms with Gasteiger partial charge in [-0.25, -0.2) is 0 Å². The van der Waals surface area contributed by atoms with Gasteiger partial charge in [0, 0.05) is 24.2 Å². The molecule has 2 atom stereocenters. The minimum atomic E-state index is 0.292. The van der Waals surface area contributed by atoms with Crippen molar-refractivity contribution in [1.29, 1.82) is 0 Å². The number of rotatable bonds is 4. The van der Waals surface area contributed by atoms with E-state index in [1.807, 2.05) is 0 Å². The molecule has 2 unspecified atom stereocenters. The van der Waals surface area contributed by atoms with E-state index in [2.05, 4.69) is 44.5 Å². The summed E-state index contributed by atoms with van der Waals surface area (Å²) in [6.45, 7) is 12.6. The van der Waals surface area contributed by atoms with Crippen LogP contribution in [0, 0.1) is 0 Å². The molecule has 0 aliphatic carbocycles. The molecule has 1 rings (SSSR count). The third-order valence-electron chi connectivity index (χ3n) is 4.29. The Morgan fingerprint density at radius 2 is 2.06 bits per heavy atom. The van der Waals surface area contributed by atoms with Crippen molar-refractivity contribution < 1.29 is 0 Å². The molecule has 0 bridgehead atoms. The summed E-state index contributed by atoms with van der Waals surface area (Å²) >= 11 is 0. The SMILES string of the molecule is CCC(C)N1C(CCN)CN(C)CCC1(C)C. The Hall–Kier alpha value is -0.120. The summed E-state index contributed by atoms with van der Waals surface area (Å²) in [5.74, 6) is 0. The molecule has 3 heteroatoms. The average molecular weight is 241 g/mol. The van der Waals surface area contributed by atoms with Crippen LogP contribution in [-0.4, -0.2) is 54.1 Å². The lowest BCUT2D eigenvalue weighted by Crippen LogP contribution is -2.55. The van der Waals surface area contributed by atoms with Gasteiger partial charge in [-0.05, 0) is 60.2 Å². The highest BCUT2D eigenvalue weighted by Crippen LogP contribution is 2.30. The van der Waals surface area contributed by atoms with Crippen molar-refractivity contribution in [3.8, 4) is 0 Å². The monoisotopic (exact) mass is 241 g/mol. The molecule has 3 nitrogen and oxygen atoms in total. The Morgan fingerprint density at radius 1 is 1.41 bits per heavy atom. The summed E-state index contributed by atoms with van der Waals surface area (Å²) in [5.41, 5.74) is 6.09. The molecule has 1 fully saturated rings. The van der Waals surface area contributed by atoms with Crippen LogP contribution < -0.4 is 5.73 Å². The van der Waals surface area contributed by atoms with Crippen LogP contribution >= 0.6 is 0 Å². The summed E-state index contributed by atoms with van der Waals surface area (Å²) in [5, 5.41) is 0. The smallest absolute Gasteiger partial charge is 0.0243 e. The maximum atomic E-state index is 5.80. The highest BCUT2D eigenvalue weighted by atomic mass is 15.3. The fourth-order valence-electron chi connectivity index (χ4n) is 3.20. The van der Waals surface area contributed by atoms with Gasteiger partial charge in [0.2, 0.25) is 0 Å². The quantitative estimate of drug-likeness (QED) is 0.816. The third kappa shape index (κ3) is 3.67. The number of likely N-dealkylation sites (N-methyl/N-ethyl adjacent to an activating group) is 1. The maximum absolute atomic E-state index is 5.80. The average Bonchev–Trinajstić information content (AvgIpc) is 2.36. The zero-order valence-electron chi connectivity index (χ0n) is 12.4. The molecule has 1 saturated heterocycles. The molecule has 1 aliphatic heterocycles. The van der Waals surface area contributed by atoms with E-state index in [4.69, 9.17) is 5.73 Å². The van der Waals surface area contributed by atoms with Crippen LogP contribution in [0.25, 0.3) is 0 Å². The predicted octanol–water partition coefficient (Wildman–Crippen LogP) is 1.92. The van der Waals surface area contributed by atoms with E-state index in [0.717, 1.165) is 19.5 Å². The molecule has 0 aromatic carbocycles. The maximum Gasteiger partial charge on any atom is 0.0243 e. The fraction of sp³-hybridized carbons (Fsp3) is 1.00. The summed E-state index contributed by atoms with van der Waals surface area (Å²) in [4.78, 5) is 5.19. The molecule has 0 aromatic rings. The van der Waals surface area contributed by atoms with Gasteiger partial charge in [-0.2, -0.15) is 0 Å². The van der Waals surface area contributed by atoms with Gasteiger partial charge < -0.3 is 10.6 Å². The zero-order chi connectivity index (χ0) is 13.1. The van der Waals surface area contributed by atoms with Crippen LogP contribution in [0.15, 0.2) is 0 Å². The van der Waals surface area contributed by atoms with Crippen LogP contribution in [0.2, 0.25) is 0 Å². The Kier molecular flexibility index (Phi) is 5.42. The molecule has 17 heavy (non-hydrogen) atoms. The van der Waals surface area contributed by atoms with Gasteiger partial charge in [-0.15, -0.1) is 0 Å². The Balaban J connectivity index is 2.93. The molecule has 1 heterocycles. The molecule has 0 radical (unpaired) electrons. The first-order valence-corrected chi connectivity index (χ1v) is 7.09. The standard InChI is InChI=1S/C14H31N3/c1-6-12(2)17-13(7-9-15)11-16(5)10-8-14(17,3)4/h12-13H,6-11,15H2,1-5H3. The van der Waals surface area contributed by atoms with Crippen LogP contribution in [0.5, 0.6) is 0 Å². The van der Waals surface area contributed by atoms with Crippen molar-refractivity contribution in [2.45, 2.75) is 64.6 Å². The molecule has 0 saturated carbocycles. The molecule has 2 N–H and O–H groups in total. The van der Waals surface area contributed by atoms with Crippen LogP contribution in [-0.2, 0) is 0 Å². The van der Waals surface area contributed by atoms with Crippen molar-refractivity contribution >= 4 is 0 Å². The van der Waals surface area contributed by atoms with Gasteiger partial charge in [0.15, 0.2) is 0 Å². The number of nitrogens with two attached hydrogens (primary N) is 1. The lowest BCUT2D eigenvalue weighted by molar-refractivity contribution is 0.0310. The molecule has 0 aromatic heterocycles. The van der Waals surface area contributed by atoms with Gasteiger partial charge >= 0.3 is 0 Å². The van der Waals surface area contributed by atoms with Gasteiger partial charge in [0.25, 0.3) is 0 Å². The molecule has 102 valence electrons. The van der Waals surface area contributed by atoms with Crippen molar-refractivity contribution in [3.63, 3.8) is 0 Å². The predicted molar refractivity (Wildman–Crippen MR) is 75.2 cm³/mol. The van der Waals surface area contributed by atoms with E-state index in [0.29, 0.717) is 17.6 Å². The summed E-state index contributed by atoms with van der Waals surface area (Å²) in [6.07, 6.45) is 3.57. The first-order valence-electron chi connectivity index (χ1n) is 7.09. The Bertz CT molecular complexity index is 228. The zero-order valence-corrected chi connectivity index (χ0v) is 12.4. The first kappa shape index (κ1) is 14.9. The molecular weight excluding hydrogens is 210 g/mol. The van der Waals surface area contributed by atoms with E-state index in [9.17, 15) is 0 Å². The van der Waals surface area contributed by atoms with Crippen molar-refractivity contribution in [3.05, 3.63) is 0 Å². The summed E-state index contributed by atoms with van der Waals surface area (Å²) in [7, 11) is 2.24. The molecule has 0 spiro atoms. The van der Waals surface area contributed by atoms with Crippen molar-refractivity contribution in [2.75, 3.05) is 26.7 Å². The van der Waals surface area contributed by atoms with E-state index < -0.39 is 0 Å². The second-order valence-corrected chi connectivity index (χ2v) is 6.22. The Labute approximate surface area is 107 Å². The molecule has 0 amide bonds. The van der Waals surface area contributed by atoms with Gasteiger partial charge in [-0.1, -0.05) is 6.92 Å². The number of nitrogens with zero attached hydrogens (tertiary/aromatic N) is 2. The van der Waals surface area contributed by atoms with Gasteiger partial charge in [0.1, 0.15) is 0 Å². The highest BCUT2D eigenvalue weighted by Gasteiger charge is 2.37. The van der Waals surface area contributed by atoms with Crippen molar-refractivity contribution in [1.82, 2.24) is 9.80 Å². The third-order valence-corrected chi connectivity index (χ3v) is 4.29. The minimum absolute atomic E-state index is 0.292. The van der Waals surface area contributed by atoms with Gasteiger partial charge in [-0.3, -0.25) is 4.90 Å². The second kappa shape index (κ2) is 6.17. The van der Waals surface area contributed by atoms with E-state index in [-0.39, 0.29) is 0 Å². The fourth-order valence-corrected chi connectivity index (χ4v) is 3.20. The largest absolute Gasteiger partial charge is 0.330 e. The van der Waals surface area contributed by atoms with Crippen LogP contribution in [0.3, 0.4) is 0 Å². The summed E-state index contributed by atoms with van der Waals surface area (Å²) in [6, 6.07) is 1.26. The van der Waals surface area contributed by atoms with Crippen LogP contribution in [0.1, 0.15) is 47.0 Å². The first-order chi connectivity index (χ1) is 7.92. The topological polar surface area (TPSA) is 32.5 Å². The summed E-state index contributed by atoms with van der Waals surface area (Å²) < 4.78 is 0. The lowest BCUT2D eigenvalue weighted by atomic mass is 9.93. The minimum Gasteiger partial charge on any atom is -0.330 e. The lowest BCUT2D eigenvalue weighted by Gasteiger charge is -2.46. The number of hydrogen-bond donors (Lipinski definition) is 1. The second-order valence-electron chi connectivity index (χ2n) is 6.22. The van der Waals surface area contributed by atoms with E-state index in [1.165, 1.54) is 19.4 Å².